The van der Waals surface area contributed by atoms with E-state index in [4.69, 9.17) is 12.2 Å². The zero-order chi connectivity index (χ0) is 20.2. The molecule has 4 rings (SSSR count). The summed E-state index contributed by atoms with van der Waals surface area (Å²) in [7, 11) is 0. The van der Waals surface area contributed by atoms with Crippen LogP contribution in [0.2, 0.25) is 0 Å². The van der Waals surface area contributed by atoms with Crippen molar-refractivity contribution in [2.75, 3.05) is 25.0 Å². The number of carbonyl (C=O) groups is 1. The van der Waals surface area contributed by atoms with Crippen LogP contribution in [0, 0.1) is 4.77 Å². The fourth-order valence-corrected chi connectivity index (χ4v) is 4.66. The van der Waals surface area contributed by atoms with Gasteiger partial charge >= 0.3 is 0 Å². The van der Waals surface area contributed by atoms with E-state index in [1.54, 1.807) is 15.9 Å². The van der Waals surface area contributed by atoms with E-state index in [0.717, 1.165) is 23.5 Å². The van der Waals surface area contributed by atoms with E-state index < -0.39 is 6.04 Å². The zero-order valence-electron chi connectivity index (χ0n) is 16.4. The number of carbonyl (C=O) groups excluding carboxylic acids is 1. The molecule has 29 heavy (non-hydrogen) atoms. The number of benzene rings is 1. The van der Waals surface area contributed by atoms with Crippen LogP contribution in [0.1, 0.15) is 31.4 Å². The number of amides is 1. The van der Waals surface area contributed by atoms with Gasteiger partial charge in [0, 0.05) is 12.2 Å². The average molecular weight is 428 g/mol. The van der Waals surface area contributed by atoms with E-state index in [1.807, 2.05) is 36.6 Å². The highest BCUT2D eigenvalue weighted by Crippen LogP contribution is 2.26. The normalized spacial score (nSPS) is 15.5. The van der Waals surface area contributed by atoms with Crippen LogP contribution in [0.5, 0.6) is 0 Å². The van der Waals surface area contributed by atoms with Crippen molar-refractivity contribution >= 4 is 35.1 Å². The van der Waals surface area contributed by atoms with Crippen molar-refractivity contribution in [2.24, 2.45) is 0 Å². The van der Waals surface area contributed by atoms with E-state index in [0.29, 0.717) is 10.6 Å². The van der Waals surface area contributed by atoms with E-state index in [1.165, 1.54) is 31.5 Å². The van der Waals surface area contributed by atoms with Gasteiger partial charge in [0.15, 0.2) is 10.6 Å². The number of hydrogen-bond acceptors (Lipinski definition) is 5. The number of hydrogen-bond donors (Lipinski definition) is 2. The molecule has 1 saturated heterocycles. The molecule has 1 amide bonds. The Morgan fingerprint density at radius 1 is 1.28 bits per heavy atom. The monoisotopic (exact) mass is 427 g/mol. The molecular formula is C21H25N5OS2. The lowest BCUT2D eigenvalue weighted by Gasteiger charge is -2.16. The molecule has 2 aromatic heterocycles. The summed E-state index contributed by atoms with van der Waals surface area (Å²) in [5.74, 6) is 0.565. The smallest absolute Gasteiger partial charge is 0.247 e. The van der Waals surface area contributed by atoms with Crippen LogP contribution in [0.25, 0.3) is 10.7 Å². The standard InChI is InChI=1S/C21H25N5OS2/c1-15(26-19(23-24-21(26)28)18-5-4-14-29-18)20(27)22-17-8-6-16(7-9-17)10-13-25-11-2-3-12-25/h4-9,14-15H,2-3,10-13H2,1H3,(H,22,27)(H,24,28). The lowest BCUT2D eigenvalue weighted by atomic mass is 10.1. The topological polar surface area (TPSA) is 66.0 Å². The number of aromatic nitrogens is 3. The van der Waals surface area contributed by atoms with Crippen molar-refractivity contribution in [2.45, 2.75) is 32.2 Å². The van der Waals surface area contributed by atoms with Gasteiger partial charge in [-0.1, -0.05) is 18.2 Å². The molecule has 6 nitrogen and oxygen atoms in total. The van der Waals surface area contributed by atoms with Crippen LogP contribution < -0.4 is 5.32 Å². The summed E-state index contributed by atoms with van der Waals surface area (Å²) in [4.78, 5) is 16.3. The number of likely N-dealkylation sites (tertiary alicyclic amines) is 1. The summed E-state index contributed by atoms with van der Waals surface area (Å²) in [6.07, 6.45) is 3.68. The first-order valence-corrected chi connectivity index (χ1v) is 11.2. The molecule has 0 bridgehead atoms. The second kappa shape index (κ2) is 9.02. The van der Waals surface area contributed by atoms with Gasteiger partial charge in [0.25, 0.3) is 0 Å². The molecule has 1 fully saturated rings. The second-order valence-corrected chi connectivity index (χ2v) is 8.69. The molecule has 0 aliphatic carbocycles. The molecule has 152 valence electrons. The summed E-state index contributed by atoms with van der Waals surface area (Å²) in [6.45, 7) is 5.38. The third-order valence-electron chi connectivity index (χ3n) is 5.35. The first-order valence-electron chi connectivity index (χ1n) is 9.95. The van der Waals surface area contributed by atoms with Crippen molar-refractivity contribution in [1.29, 1.82) is 0 Å². The molecule has 0 radical (unpaired) electrons. The maximum Gasteiger partial charge on any atom is 0.247 e. The molecule has 0 saturated carbocycles. The molecule has 0 spiro atoms. The molecule has 1 aliphatic rings. The number of H-pyrrole nitrogens is 1. The highest BCUT2D eigenvalue weighted by atomic mass is 32.1. The Labute approximate surface area is 179 Å². The Kier molecular flexibility index (Phi) is 6.22. The quantitative estimate of drug-likeness (QED) is 0.545. The fraction of sp³-hybridized carbons (Fsp3) is 0.381. The molecule has 1 unspecified atom stereocenters. The number of rotatable bonds is 7. The van der Waals surface area contributed by atoms with E-state index >= 15 is 0 Å². The summed E-state index contributed by atoms with van der Waals surface area (Å²) in [6, 6.07) is 11.6. The van der Waals surface area contributed by atoms with Gasteiger partial charge in [0.05, 0.1) is 4.88 Å². The maximum absolute atomic E-state index is 12.8. The summed E-state index contributed by atoms with van der Waals surface area (Å²) in [5.41, 5.74) is 2.08. The Morgan fingerprint density at radius 3 is 2.72 bits per heavy atom. The first kappa shape index (κ1) is 20.0. The predicted octanol–water partition coefficient (Wildman–Crippen LogP) is 4.51. The molecule has 3 heterocycles. The van der Waals surface area contributed by atoms with Crippen LogP contribution in [-0.2, 0) is 11.2 Å². The minimum absolute atomic E-state index is 0.120. The number of thiophene rings is 1. The van der Waals surface area contributed by atoms with Crippen molar-refractivity contribution in [3.8, 4) is 10.7 Å². The van der Waals surface area contributed by atoms with E-state index in [-0.39, 0.29) is 5.91 Å². The van der Waals surface area contributed by atoms with Gasteiger partial charge < -0.3 is 10.2 Å². The van der Waals surface area contributed by atoms with Gasteiger partial charge in [-0.15, -0.1) is 11.3 Å². The van der Waals surface area contributed by atoms with Crippen molar-refractivity contribution in [3.63, 3.8) is 0 Å². The van der Waals surface area contributed by atoms with Crippen molar-refractivity contribution in [1.82, 2.24) is 19.7 Å². The number of anilines is 1. The van der Waals surface area contributed by atoms with Gasteiger partial charge in [-0.3, -0.25) is 14.5 Å². The van der Waals surface area contributed by atoms with Gasteiger partial charge in [0.2, 0.25) is 5.91 Å². The van der Waals surface area contributed by atoms with Gasteiger partial charge in [-0.2, -0.15) is 5.10 Å². The molecule has 1 aromatic carbocycles. The Bertz CT molecular complexity index is 1000. The third-order valence-corrected chi connectivity index (χ3v) is 6.50. The van der Waals surface area contributed by atoms with Crippen LogP contribution in [0.4, 0.5) is 5.69 Å². The number of nitrogens with one attached hydrogen (secondary N) is 2. The van der Waals surface area contributed by atoms with Crippen LogP contribution in [0.3, 0.4) is 0 Å². The van der Waals surface area contributed by atoms with Crippen molar-refractivity contribution in [3.05, 3.63) is 52.1 Å². The lowest BCUT2D eigenvalue weighted by molar-refractivity contribution is -0.118. The molecule has 1 atom stereocenters. The maximum atomic E-state index is 12.8. The largest absolute Gasteiger partial charge is 0.324 e. The SMILES string of the molecule is CC(C(=O)Nc1ccc(CCN2CCCC2)cc1)n1c(-c2cccs2)n[nH]c1=S. The van der Waals surface area contributed by atoms with Gasteiger partial charge in [-0.25, -0.2) is 0 Å². The van der Waals surface area contributed by atoms with Crippen LogP contribution >= 0.6 is 23.6 Å². The Morgan fingerprint density at radius 2 is 2.03 bits per heavy atom. The van der Waals surface area contributed by atoms with E-state index in [9.17, 15) is 4.79 Å². The van der Waals surface area contributed by atoms with Crippen LogP contribution in [0.15, 0.2) is 41.8 Å². The van der Waals surface area contributed by atoms with Gasteiger partial charge in [0.1, 0.15) is 6.04 Å². The highest BCUT2D eigenvalue weighted by Gasteiger charge is 2.21. The van der Waals surface area contributed by atoms with E-state index in [2.05, 4.69) is 32.5 Å². The summed E-state index contributed by atoms with van der Waals surface area (Å²) in [5, 5.41) is 12.1. The average Bonchev–Trinajstić information content (AvgIpc) is 3.48. The lowest BCUT2D eigenvalue weighted by Crippen LogP contribution is -2.24. The predicted molar refractivity (Wildman–Crippen MR) is 120 cm³/mol. The summed E-state index contributed by atoms with van der Waals surface area (Å²) >= 11 is 6.93. The summed E-state index contributed by atoms with van der Waals surface area (Å²) < 4.78 is 2.20. The number of aromatic amines is 1. The zero-order valence-corrected chi connectivity index (χ0v) is 18.1. The van der Waals surface area contributed by atoms with Gasteiger partial charge in [-0.05, 0) is 80.6 Å². The fourth-order valence-electron chi connectivity index (χ4n) is 3.66. The minimum Gasteiger partial charge on any atom is -0.324 e. The van der Waals surface area contributed by atoms with Crippen LogP contribution in [-0.4, -0.2) is 45.2 Å². The molecule has 1 aliphatic heterocycles. The molecule has 3 aromatic rings. The molecular weight excluding hydrogens is 402 g/mol. The molecule has 8 heteroatoms. The first-order chi connectivity index (χ1) is 14.1. The third kappa shape index (κ3) is 4.66. The number of nitrogens with zero attached hydrogens (tertiary/aromatic N) is 3. The minimum atomic E-state index is -0.479. The highest BCUT2D eigenvalue weighted by molar-refractivity contribution is 7.71. The molecule has 2 N–H and O–H groups in total. The Hall–Kier alpha value is -2.29. The second-order valence-electron chi connectivity index (χ2n) is 7.36. The van der Waals surface area contributed by atoms with Crippen molar-refractivity contribution < 1.29 is 4.79 Å². The Balaban J connectivity index is 1.40.